The third-order valence-corrected chi connectivity index (χ3v) is 4.31. The van der Waals surface area contributed by atoms with Crippen molar-refractivity contribution in [3.05, 3.63) is 27.7 Å². The van der Waals surface area contributed by atoms with Crippen LogP contribution in [0.4, 0.5) is 5.69 Å². The van der Waals surface area contributed by atoms with Gasteiger partial charge in [0.15, 0.2) is 0 Å². The van der Waals surface area contributed by atoms with Crippen LogP contribution in [0.1, 0.15) is 42.5 Å². The molecule has 1 fully saturated rings. The number of amides is 1. The number of nitrogens with one attached hydrogen (secondary N) is 1. The van der Waals surface area contributed by atoms with Crippen molar-refractivity contribution in [2.75, 3.05) is 5.32 Å². The summed E-state index contributed by atoms with van der Waals surface area (Å²) in [4.78, 5) is 23.1. The van der Waals surface area contributed by atoms with Crippen LogP contribution < -0.4 is 5.32 Å². The van der Waals surface area contributed by atoms with Gasteiger partial charge in [-0.2, -0.15) is 0 Å². The summed E-state index contributed by atoms with van der Waals surface area (Å²) in [6, 6.07) is 2.60. The SMILES string of the molecule is O=C(O)c1cc(Cl)c(Cl)c(NC(=O)C2CCCCC2)c1. The van der Waals surface area contributed by atoms with Crippen molar-refractivity contribution in [1.82, 2.24) is 0 Å². The molecule has 0 spiro atoms. The van der Waals surface area contributed by atoms with E-state index in [2.05, 4.69) is 5.32 Å². The smallest absolute Gasteiger partial charge is 0.335 e. The van der Waals surface area contributed by atoms with E-state index in [-0.39, 0.29) is 33.1 Å². The molecule has 0 unspecified atom stereocenters. The second-order valence-electron chi connectivity index (χ2n) is 4.95. The second kappa shape index (κ2) is 6.46. The lowest BCUT2D eigenvalue weighted by Crippen LogP contribution is -2.25. The molecule has 0 bridgehead atoms. The van der Waals surface area contributed by atoms with Crippen molar-refractivity contribution in [2.45, 2.75) is 32.1 Å². The Morgan fingerprint density at radius 3 is 2.40 bits per heavy atom. The van der Waals surface area contributed by atoms with Gasteiger partial charge in [-0.1, -0.05) is 42.5 Å². The number of rotatable bonds is 3. The van der Waals surface area contributed by atoms with E-state index in [1.54, 1.807) is 0 Å². The third-order valence-electron chi connectivity index (χ3n) is 3.51. The highest BCUT2D eigenvalue weighted by Crippen LogP contribution is 2.33. The van der Waals surface area contributed by atoms with Gasteiger partial charge in [-0.15, -0.1) is 0 Å². The molecule has 0 atom stereocenters. The van der Waals surface area contributed by atoms with E-state index < -0.39 is 5.97 Å². The van der Waals surface area contributed by atoms with Gasteiger partial charge in [0.05, 0.1) is 21.3 Å². The van der Waals surface area contributed by atoms with Gasteiger partial charge in [0.25, 0.3) is 0 Å². The van der Waals surface area contributed by atoms with Crippen LogP contribution in [0.5, 0.6) is 0 Å². The van der Waals surface area contributed by atoms with Crippen LogP contribution in [-0.2, 0) is 4.79 Å². The summed E-state index contributed by atoms with van der Waals surface area (Å²) in [7, 11) is 0. The molecule has 0 heterocycles. The van der Waals surface area contributed by atoms with E-state index in [1.807, 2.05) is 0 Å². The monoisotopic (exact) mass is 315 g/mol. The van der Waals surface area contributed by atoms with Gasteiger partial charge in [0, 0.05) is 5.92 Å². The Bertz CT molecular complexity index is 539. The van der Waals surface area contributed by atoms with Crippen LogP contribution in [0.3, 0.4) is 0 Å². The minimum atomic E-state index is -1.11. The molecule has 0 radical (unpaired) electrons. The van der Waals surface area contributed by atoms with Gasteiger partial charge in [0.1, 0.15) is 0 Å². The maximum absolute atomic E-state index is 12.2. The molecule has 0 aromatic heterocycles. The van der Waals surface area contributed by atoms with Crippen LogP contribution >= 0.6 is 23.2 Å². The predicted octanol–water partition coefficient (Wildman–Crippen LogP) is 4.21. The van der Waals surface area contributed by atoms with Crippen molar-refractivity contribution in [1.29, 1.82) is 0 Å². The first-order chi connectivity index (χ1) is 9.49. The maximum atomic E-state index is 12.2. The number of carboxylic acid groups (broad SMARTS) is 1. The molecule has 2 N–H and O–H groups in total. The molecule has 108 valence electrons. The van der Waals surface area contributed by atoms with Gasteiger partial charge in [0.2, 0.25) is 5.91 Å². The maximum Gasteiger partial charge on any atom is 0.335 e. The lowest BCUT2D eigenvalue weighted by atomic mass is 9.88. The predicted molar refractivity (Wildman–Crippen MR) is 78.6 cm³/mol. The summed E-state index contributed by atoms with van der Waals surface area (Å²) in [5, 5.41) is 12.0. The average Bonchev–Trinajstić information content (AvgIpc) is 2.44. The Morgan fingerprint density at radius 1 is 1.15 bits per heavy atom. The number of halogens is 2. The van der Waals surface area contributed by atoms with Crippen LogP contribution in [-0.4, -0.2) is 17.0 Å². The molecule has 20 heavy (non-hydrogen) atoms. The highest BCUT2D eigenvalue weighted by atomic mass is 35.5. The summed E-state index contributed by atoms with van der Waals surface area (Å²) in [6.07, 6.45) is 4.96. The van der Waals surface area contributed by atoms with E-state index in [1.165, 1.54) is 12.1 Å². The lowest BCUT2D eigenvalue weighted by Gasteiger charge is -2.21. The third kappa shape index (κ3) is 3.44. The standard InChI is InChI=1S/C14H15Cl2NO3/c15-10-6-9(14(19)20)7-11(12(10)16)17-13(18)8-4-2-1-3-5-8/h6-8H,1-5H2,(H,17,18)(H,19,20). The number of hydrogen-bond acceptors (Lipinski definition) is 2. The van der Waals surface area contributed by atoms with E-state index in [0.29, 0.717) is 0 Å². The first-order valence-electron chi connectivity index (χ1n) is 6.52. The minimum Gasteiger partial charge on any atom is -0.478 e. The minimum absolute atomic E-state index is 0.00153. The molecule has 1 amide bonds. The number of carbonyl (C=O) groups is 2. The zero-order valence-corrected chi connectivity index (χ0v) is 12.3. The van der Waals surface area contributed by atoms with Gasteiger partial charge in [-0.3, -0.25) is 4.79 Å². The Morgan fingerprint density at radius 2 is 1.80 bits per heavy atom. The number of carbonyl (C=O) groups excluding carboxylic acids is 1. The molecule has 0 saturated heterocycles. The Labute approximate surface area is 127 Å². The van der Waals surface area contributed by atoms with Gasteiger partial charge < -0.3 is 10.4 Å². The van der Waals surface area contributed by atoms with E-state index >= 15 is 0 Å². The van der Waals surface area contributed by atoms with Crippen molar-refractivity contribution < 1.29 is 14.7 Å². The van der Waals surface area contributed by atoms with Crippen molar-refractivity contribution in [3.8, 4) is 0 Å². The van der Waals surface area contributed by atoms with Crippen LogP contribution in [0, 0.1) is 5.92 Å². The number of anilines is 1. The number of carboxylic acids is 1. The van der Waals surface area contributed by atoms with Gasteiger partial charge >= 0.3 is 5.97 Å². The highest BCUT2D eigenvalue weighted by molar-refractivity contribution is 6.44. The summed E-state index contributed by atoms with van der Waals surface area (Å²) in [5.41, 5.74) is 0.255. The summed E-state index contributed by atoms with van der Waals surface area (Å²) in [6.45, 7) is 0. The Kier molecular flexibility index (Phi) is 4.89. The first kappa shape index (κ1) is 15.1. The molecule has 1 aromatic rings. The lowest BCUT2D eigenvalue weighted by molar-refractivity contribution is -0.120. The number of hydrogen-bond donors (Lipinski definition) is 2. The second-order valence-corrected chi connectivity index (χ2v) is 5.73. The fraction of sp³-hybridized carbons (Fsp3) is 0.429. The molecule has 0 aliphatic heterocycles. The number of benzene rings is 1. The largest absolute Gasteiger partial charge is 0.478 e. The molecule has 4 nitrogen and oxygen atoms in total. The Balaban J connectivity index is 2.19. The normalized spacial score (nSPS) is 15.9. The first-order valence-corrected chi connectivity index (χ1v) is 7.28. The fourth-order valence-corrected chi connectivity index (χ4v) is 2.78. The molecule has 1 aromatic carbocycles. The molecule has 1 saturated carbocycles. The Hall–Kier alpha value is -1.26. The fourth-order valence-electron chi connectivity index (χ4n) is 2.40. The quantitative estimate of drug-likeness (QED) is 0.878. The number of aromatic carboxylic acids is 1. The summed E-state index contributed by atoms with van der Waals surface area (Å²) >= 11 is 11.9. The molecule has 1 aliphatic rings. The molecular weight excluding hydrogens is 301 g/mol. The summed E-state index contributed by atoms with van der Waals surface area (Å²) < 4.78 is 0. The molecular formula is C14H15Cl2NO3. The van der Waals surface area contributed by atoms with Crippen LogP contribution in [0.2, 0.25) is 10.0 Å². The average molecular weight is 316 g/mol. The van der Waals surface area contributed by atoms with E-state index in [9.17, 15) is 9.59 Å². The zero-order valence-electron chi connectivity index (χ0n) is 10.8. The molecule has 1 aliphatic carbocycles. The van der Waals surface area contributed by atoms with Crippen molar-refractivity contribution in [3.63, 3.8) is 0 Å². The highest BCUT2D eigenvalue weighted by Gasteiger charge is 2.22. The van der Waals surface area contributed by atoms with Gasteiger partial charge in [-0.05, 0) is 25.0 Å². The van der Waals surface area contributed by atoms with E-state index in [0.717, 1.165) is 32.1 Å². The van der Waals surface area contributed by atoms with Crippen LogP contribution in [0.25, 0.3) is 0 Å². The summed E-state index contributed by atoms with van der Waals surface area (Å²) in [5.74, 6) is -1.27. The zero-order chi connectivity index (χ0) is 14.7. The van der Waals surface area contributed by atoms with Gasteiger partial charge in [-0.25, -0.2) is 4.79 Å². The van der Waals surface area contributed by atoms with Crippen molar-refractivity contribution in [2.24, 2.45) is 5.92 Å². The van der Waals surface area contributed by atoms with E-state index in [4.69, 9.17) is 28.3 Å². The topological polar surface area (TPSA) is 66.4 Å². The van der Waals surface area contributed by atoms with Crippen molar-refractivity contribution >= 4 is 40.8 Å². The molecule has 2 rings (SSSR count). The van der Waals surface area contributed by atoms with Crippen LogP contribution in [0.15, 0.2) is 12.1 Å². The molecule has 6 heteroatoms.